The van der Waals surface area contributed by atoms with Crippen LogP contribution in [0.4, 0.5) is 0 Å². The third kappa shape index (κ3) is 11.8. The predicted molar refractivity (Wildman–Crippen MR) is 217 cm³/mol. The number of carbonyl (C=O) groups is 1. The van der Waals surface area contributed by atoms with Crippen molar-refractivity contribution in [3.05, 3.63) is 12.7 Å². The van der Waals surface area contributed by atoms with Gasteiger partial charge in [-0.2, -0.15) is 0 Å². The van der Waals surface area contributed by atoms with E-state index in [4.69, 9.17) is 33.2 Å². The number of carbonyl (C=O) groups excluding carboxylic acids is 1. The summed E-state index contributed by atoms with van der Waals surface area (Å²) in [7, 11) is 5.37. The van der Waals surface area contributed by atoms with Crippen LogP contribution in [-0.4, -0.2) is 167 Å². The van der Waals surface area contributed by atoms with E-state index in [1.807, 2.05) is 53.6 Å². The number of nitrogens with zero attached hydrogens (tertiary/aromatic N) is 2. The molecule has 0 aromatic carbocycles. The summed E-state index contributed by atoms with van der Waals surface area (Å²) in [6, 6.07) is -0.743. The lowest BCUT2D eigenvalue weighted by molar-refractivity contribution is -0.320. The van der Waals surface area contributed by atoms with Crippen LogP contribution in [-0.2, 0) is 38.0 Å². The van der Waals surface area contributed by atoms with E-state index < -0.39 is 96.0 Å². The van der Waals surface area contributed by atoms with E-state index in [2.05, 4.69) is 25.3 Å². The number of aliphatic hydroxyl groups excluding tert-OH is 3. The average Bonchev–Trinajstić information content (AvgIpc) is 3.15. The van der Waals surface area contributed by atoms with Crippen molar-refractivity contribution in [3.8, 4) is 0 Å². The van der Waals surface area contributed by atoms with Gasteiger partial charge in [-0.15, -0.1) is 6.58 Å². The molecule has 0 amide bonds. The van der Waals surface area contributed by atoms with Crippen molar-refractivity contribution in [1.29, 1.82) is 0 Å². The van der Waals surface area contributed by atoms with Crippen LogP contribution in [0, 0.1) is 17.8 Å². The minimum Gasteiger partial charge on any atom is -0.459 e. The van der Waals surface area contributed by atoms with Crippen LogP contribution in [0.1, 0.15) is 108 Å². The largest absolute Gasteiger partial charge is 0.459 e. The molecule has 0 radical (unpaired) electrons. The van der Waals surface area contributed by atoms with E-state index in [1.54, 1.807) is 26.8 Å². The van der Waals surface area contributed by atoms with E-state index in [0.717, 1.165) is 6.42 Å². The van der Waals surface area contributed by atoms with Crippen LogP contribution >= 0.6 is 0 Å². The number of cyclic esters (lactones) is 1. The molecule has 3 heterocycles. The Labute approximate surface area is 343 Å². The fraction of sp³-hybridized carbons (Fsp3) is 0.930. The van der Waals surface area contributed by atoms with Gasteiger partial charge in [0.1, 0.15) is 30.0 Å². The van der Waals surface area contributed by atoms with Gasteiger partial charge in [0.05, 0.1) is 48.1 Å². The van der Waals surface area contributed by atoms with E-state index in [1.165, 1.54) is 14.0 Å². The minimum atomic E-state index is -1.79. The molecule has 0 unspecified atom stereocenters. The molecule has 4 N–H and O–H groups in total. The van der Waals surface area contributed by atoms with Gasteiger partial charge in [0, 0.05) is 38.1 Å². The van der Waals surface area contributed by atoms with Crippen molar-refractivity contribution in [2.75, 3.05) is 40.9 Å². The Kier molecular flexibility index (Phi) is 18.5. The quantitative estimate of drug-likeness (QED) is 0.165. The van der Waals surface area contributed by atoms with Gasteiger partial charge in [-0.3, -0.25) is 9.69 Å². The second kappa shape index (κ2) is 21.0. The fourth-order valence-corrected chi connectivity index (χ4v) is 9.55. The highest BCUT2D eigenvalue weighted by Crippen LogP contribution is 2.41. The SMILES string of the molecule is C=CCO[C@]1(C)C[C@@H](C)CN(CCC)[C@H](C)[C@@H](O)[C@](C)(O)[C@@H](CC)OC(=O)[C@H](C)[C@@H](O[C@H]2C[C@@](C)(OC)[C@@H](O)[C@H](C)O2)[C@H](C)[C@H]1O[C@@H]1O[C@H](C)C[C@H](N(C)C)[C@H]1O. The second-order valence-corrected chi connectivity index (χ2v) is 18.3. The van der Waals surface area contributed by atoms with Crippen molar-refractivity contribution in [1.82, 2.24) is 9.80 Å². The molecule has 0 bridgehead atoms. The Bertz CT molecular complexity index is 1260. The Morgan fingerprint density at radius 3 is 2.18 bits per heavy atom. The highest BCUT2D eigenvalue weighted by atomic mass is 16.7. The zero-order chi connectivity index (χ0) is 43.2. The topological polar surface area (TPSA) is 169 Å². The molecule has 14 nitrogen and oxygen atoms in total. The molecule has 334 valence electrons. The third-order valence-electron chi connectivity index (χ3n) is 13.1. The number of esters is 1. The molecule has 3 saturated heterocycles. The minimum absolute atomic E-state index is 0.0388. The third-order valence-corrected chi connectivity index (χ3v) is 13.1. The average molecular weight is 817 g/mol. The number of hydrogen-bond donors (Lipinski definition) is 4. The zero-order valence-electron chi connectivity index (χ0n) is 37.6. The van der Waals surface area contributed by atoms with Gasteiger partial charge in [-0.25, -0.2) is 0 Å². The van der Waals surface area contributed by atoms with Gasteiger partial charge in [-0.1, -0.05) is 33.8 Å². The maximum Gasteiger partial charge on any atom is 0.311 e. The molecular weight excluding hydrogens is 736 g/mol. The van der Waals surface area contributed by atoms with Gasteiger partial charge in [0.25, 0.3) is 0 Å². The van der Waals surface area contributed by atoms with Crippen LogP contribution < -0.4 is 0 Å². The van der Waals surface area contributed by atoms with Crippen LogP contribution in [0.3, 0.4) is 0 Å². The lowest BCUT2D eigenvalue weighted by Crippen LogP contribution is -2.61. The molecule has 14 heteroatoms. The summed E-state index contributed by atoms with van der Waals surface area (Å²) in [4.78, 5) is 18.6. The Balaban J connectivity index is 2.29. The first-order valence-corrected chi connectivity index (χ1v) is 21.3. The van der Waals surface area contributed by atoms with Gasteiger partial charge >= 0.3 is 5.97 Å². The first kappa shape index (κ1) is 50.1. The maximum absolute atomic E-state index is 14.5. The molecule has 0 saturated carbocycles. The van der Waals surface area contributed by atoms with E-state index in [9.17, 15) is 25.2 Å². The Hall–Kier alpha value is -1.27. The first-order valence-electron chi connectivity index (χ1n) is 21.3. The molecule has 18 atom stereocenters. The molecular formula is C43H80N2O12. The molecule has 0 aromatic rings. The molecule has 3 aliphatic rings. The molecule has 0 aliphatic carbocycles. The van der Waals surface area contributed by atoms with Gasteiger partial charge in [-0.05, 0) is 101 Å². The maximum atomic E-state index is 14.5. The normalized spacial score (nSPS) is 46.2. The van der Waals surface area contributed by atoms with Crippen LogP contribution in [0.2, 0.25) is 0 Å². The molecule has 3 rings (SSSR count). The monoisotopic (exact) mass is 817 g/mol. The van der Waals surface area contributed by atoms with Crippen LogP contribution in [0.5, 0.6) is 0 Å². The summed E-state index contributed by atoms with van der Waals surface area (Å²) in [6.07, 6.45) is -4.97. The van der Waals surface area contributed by atoms with Crippen molar-refractivity contribution < 1.29 is 58.4 Å². The van der Waals surface area contributed by atoms with E-state index in [-0.39, 0.29) is 37.5 Å². The highest BCUT2D eigenvalue weighted by Gasteiger charge is 2.53. The van der Waals surface area contributed by atoms with Crippen molar-refractivity contribution >= 4 is 5.97 Å². The standard InChI is InChI=1S/C43H80N2O12/c1-16-19-45-24-25(4)22-42(11,52-20-17-2)38(57-40-34(46)31(44(13)14)21-26(5)53-40)27(6)35(56-33-23-41(10,51-15)37(48)30(9)54-33)28(7)39(49)55-32(18-3)43(12,50)36(47)29(45)8/h17,25-38,40,46-48,50H,2,16,18-24H2,1,3-15H3/t25-,26-,27+,28-,29-,30+,31+,32-,33+,34-,35+,36-,37+,38-,40+,41-,42-,43-/m1/s1. The second-order valence-electron chi connectivity index (χ2n) is 18.3. The van der Waals surface area contributed by atoms with Gasteiger partial charge in [0.15, 0.2) is 12.6 Å². The number of aliphatic hydroxyl groups is 4. The highest BCUT2D eigenvalue weighted by molar-refractivity contribution is 5.73. The number of hydrogen-bond acceptors (Lipinski definition) is 14. The number of ether oxygens (including phenoxy) is 7. The molecule has 3 fully saturated rings. The van der Waals surface area contributed by atoms with Crippen molar-refractivity contribution in [3.63, 3.8) is 0 Å². The number of rotatable bonds is 12. The summed E-state index contributed by atoms with van der Waals surface area (Å²) in [5.74, 6) is -2.31. The summed E-state index contributed by atoms with van der Waals surface area (Å²) < 4.78 is 45.3. The van der Waals surface area contributed by atoms with Crippen molar-refractivity contribution in [2.45, 2.75) is 199 Å². The Morgan fingerprint density at radius 2 is 1.61 bits per heavy atom. The molecule has 57 heavy (non-hydrogen) atoms. The molecule has 0 spiro atoms. The molecule has 3 aliphatic heterocycles. The van der Waals surface area contributed by atoms with Crippen molar-refractivity contribution in [2.24, 2.45) is 17.8 Å². The summed E-state index contributed by atoms with van der Waals surface area (Å²) in [5, 5.41) is 46.7. The summed E-state index contributed by atoms with van der Waals surface area (Å²) in [5.41, 5.74) is -3.88. The van der Waals surface area contributed by atoms with Gasteiger partial charge < -0.3 is 58.5 Å². The van der Waals surface area contributed by atoms with E-state index in [0.29, 0.717) is 25.9 Å². The zero-order valence-corrected chi connectivity index (χ0v) is 37.6. The number of likely N-dealkylation sites (N-methyl/N-ethyl adjacent to an activating group) is 1. The van der Waals surface area contributed by atoms with E-state index >= 15 is 0 Å². The van der Waals surface area contributed by atoms with Crippen LogP contribution in [0.25, 0.3) is 0 Å². The molecule has 0 aromatic heterocycles. The smallest absolute Gasteiger partial charge is 0.311 e. The lowest BCUT2D eigenvalue weighted by Gasteiger charge is -2.50. The summed E-state index contributed by atoms with van der Waals surface area (Å²) >= 11 is 0. The summed E-state index contributed by atoms with van der Waals surface area (Å²) in [6.45, 7) is 25.9. The van der Waals surface area contributed by atoms with Crippen LogP contribution in [0.15, 0.2) is 12.7 Å². The number of methoxy groups -OCH3 is 1. The Morgan fingerprint density at radius 1 is 0.965 bits per heavy atom. The first-order chi connectivity index (χ1) is 26.5. The lowest BCUT2D eigenvalue weighted by atomic mass is 9.77. The fourth-order valence-electron chi connectivity index (χ4n) is 9.55. The van der Waals surface area contributed by atoms with Gasteiger partial charge in [0.2, 0.25) is 0 Å². The predicted octanol–water partition coefficient (Wildman–Crippen LogP) is 3.89.